The number of ether oxygens (including phenoxy) is 1. The number of benzene rings is 1. The van der Waals surface area contributed by atoms with Gasteiger partial charge in [-0.3, -0.25) is 0 Å². The van der Waals surface area contributed by atoms with Crippen molar-refractivity contribution in [2.45, 2.75) is 6.10 Å². The minimum atomic E-state index is -0.198. The van der Waals surface area contributed by atoms with Crippen LogP contribution < -0.4 is 5.32 Å². The SMILES string of the molecule is Fc1c(C2CNCCO2)ccc2cc[nH]c12. The highest BCUT2D eigenvalue weighted by atomic mass is 19.1. The molecule has 2 N–H and O–H groups in total. The second-order valence-corrected chi connectivity index (χ2v) is 3.97. The van der Waals surface area contributed by atoms with Crippen molar-refractivity contribution in [1.29, 1.82) is 0 Å². The van der Waals surface area contributed by atoms with E-state index in [1.54, 1.807) is 6.20 Å². The van der Waals surface area contributed by atoms with Crippen molar-refractivity contribution in [1.82, 2.24) is 10.3 Å². The van der Waals surface area contributed by atoms with E-state index in [0.717, 1.165) is 11.9 Å². The van der Waals surface area contributed by atoms with Gasteiger partial charge in [0.15, 0.2) is 5.82 Å². The van der Waals surface area contributed by atoms with Crippen LogP contribution in [0.15, 0.2) is 24.4 Å². The lowest BCUT2D eigenvalue weighted by atomic mass is 10.1. The minimum absolute atomic E-state index is 0.179. The lowest BCUT2D eigenvalue weighted by Gasteiger charge is -2.24. The summed E-state index contributed by atoms with van der Waals surface area (Å²) in [5, 5.41) is 4.09. The first-order valence-corrected chi connectivity index (χ1v) is 5.44. The summed E-state index contributed by atoms with van der Waals surface area (Å²) < 4.78 is 19.7. The van der Waals surface area contributed by atoms with Gasteiger partial charge in [0.05, 0.1) is 18.2 Å². The second kappa shape index (κ2) is 3.88. The molecule has 2 aromatic rings. The summed E-state index contributed by atoms with van der Waals surface area (Å²) in [6.45, 7) is 2.14. The van der Waals surface area contributed by atoms with Gasteiger partial charge in [-0.05, 0) is 6.07 Å². The van der Waals surface area contributed by atoms with Crippen LogP contribution in [-0.4, -0.2) is 24.7 Å². The zero-order valence-corrected chi connectivity index (χ0v) is 8.79. The molecule has 1 atom stereocenters. The molecule has 16 heavy (non-hydrogen) atoms. The molecule has 84 valence electrons. The molecule has 1 aliphatic heterocycles. The summed E-state index contributed by atoms with van der Waals surface area (Å²) in [5.74, 6) is -0.198. The number of hydrogen-bond donors (Lipinski definition) is 2. The molecule has 1 fully saturated rings. The predicted molar refractivity (Wildman–Crippen MR) is 59.8 cm³/mol. The van der Waals surface area contributed by atoms with Gasteiger partial charge in [-0.25, -0.2) is 4.39 Å². The molecule has 0 radical (unpaired) electrons. The number of nitrogens with one attached hydrogen (secondary N) is 2. The minimum Gasteiger partial charge on any atom is -0.371 e. The number of aromatic amines is 1. The van der Waals surface area contributed by atoms with Gasteiger partial charge in [-0.1, -0.05) is 12.1 Å². The van der Waals surface area contributed by atoms with Crippen molar-refractivity contribution in [2.24, 2.45) is 0 Å². The zero-order valence-electron chi connectivity index (χ0n) is 8.79. The fourth-order valence-electron chi connectivity index (χ4n) is 2.12. The molecule has 1 unspecified atom stereocenters. The van der Waals surface area contributed by atoms with Crippen LogP contribution >= 0.6 is 0 Å². The average Bonchev–Trinajstić information content (AvgIpc) is 2.80. The van der Waals surface area contributed by atoms with Crippen molar-refractivity contribution < 1.29 is 9.13 Å². The molecular formula is C12H13FN2O. The molecule has 0 amide bonds. The summed E-state index contributed by atoms with van der Waals surface area (Å²) in [7, 11) is 0. The van der Waals surface area contributed by atoms with Crippen molar-refractivity contribution >= 4 is 10.9 Å². The fraction of sp³-hybridized carbons (Fsp3) is 0.333. The molecule has 1 aliphatic rings. The zero-order chi connectivity index (χ0) is 11.0. The highest BCUT2D eigenvalue weighted by Gasteiger charge is 2.20. The van der Waals surface area contributed by atoms with Gasteiger partial charge in [0.25, 0.3) is 0 Å². The first kappa shape index (κ1) is 9.81. The van der Waals surface area contributed by atoms with Gasteiger partial charge in [0.2, 0.25) is 0 Å². The third kappa shape index (κ3) is 1.50. The monoisotopic (exact) mass is 220 g/mol. The molecule has 0 aliphatic carbocycles. The standard InChI is InChI=1S/C12H13FN2O/c13-11-9(10-7-14-5-6-16-10)2-1-8-3-4-15-12(8)11/h1-4,10,14-15H,5-7H2. The number of aromatic nitrogens is 1. The molecule has 4 heteroatoms. The van der Waals surface area contributed by atoms with Gasteiger partial charge < -0.3 is 15.0 Å². The predicted octanol–water partition coefficient (Wildman–Crippen LogP) is 1.97. The van der Waals surface area contributed by atoms with Gasteiger partial charge in [-0.2, -0.15) is 0 Å². The van der Waals surface area contributed by atoms with Gasteiger partial charge in [0, 0.05) is 30.2 Å². The van der Waals surface area contributed by atoms with E-state index in [1.165, 1.54) is 0 Å². The summed E-state index contributed by atoms with van der Waals surface area (Å²) >= 11 is 0. The molecule has 1 aromatic carbocycles. The molecule has 0 spiro atoms. The van der Waals surface area contributed by atoms with Crippen LogP contribution in [0.5, 0.6) is 0 Å². The largest absolute Gasteiger partial charge is 0.371 e. The van der Waals surface area contributed by atoms with E-state index in [4.69, 9.17) is 4.74 Å². The van der Waals surface area contributed by atoms with Crippen LogP contribution in [0, 0.1) is 5.82 Å². The maximum Gasteiger partial charge on any atom is 0.153 e. The fourth-order valence-corrected chi connectivity index (χ4v) is 2.12. The maximum absolute atomic E-state index is 14.1. The van der Waals surface area contributed by atoms with Crippen LogP contribution in [-0.2, 0) is 4.74 Å². The van der Waals surface area contributed by atoms with Gasteiger partial charge >= 0.3 is 0 Å². The van der Waals surface area contributed by atoms with Crippen molar-refractivity contribution in [3.8, 4) is 0 Å². The first-order chi connectivity index (χ1) is 7.86. The van der Waals surface area contributed by atoms with Crippen LogP contribution in [0.4, 0.5) is 4.39 Å². The van der Waals surface area contributed by atoms with Crippen LogP contribution in [0.2, 0.25) is 0 Å². The van der Waals surface area contributed by atoms with E-state index in [1.807, 2.05) is 18.2 Å². The summed E-state index contributed by atoms with van der Waals surface area (Å²) in [6, 6.07) is 5.59. The lowest BCUT2D eigenvalue weighted by molar-refractivity contribution is 0.0257. The Morgan fingerprint density at radius 2 is 2.25 bits per heavy atom. The molecule has 3 nitrogen and oxygen atoms in total. The first-order valence-electron chi connectivity index (χ1n) is 5.44. The number of hydrogen-bond acceptors (Lipinski definition) is 2. The summed E-state index contributed by atoms with van der Waals surface area (Å²) in [4.78, 5) is 2.92. The van der Waals surface area contributed by atoms with Gasteiger partial charge in [-0.15, -0.1) is 0 Å². The third-order valence-electron chi connectivity index (χ3n) is 2.97. The van der Waals surface area contributed by atoms with E-state index in [2.05, 4.69) is 10.3 Å². The Hall–Kier alpha value is -1.39. The number of rotatable bonds is 1. The quantitative estimate of drug-likeness (QED) is 0.771. The van der Waals surface area contributed by atoms with Crippen molar-refractivity contribution in [2.75, 3.05) is 19.7 Å². The number of morpholine rings is 1. The van der Waals surface area contributed by atoms with E-state index >= 15 is 0 Å². The smallest absolute Gasteiger partial charge is 0.153 e. The molecule has 0 saturated carbocycles. The van der Waals surface area contributed by atoms with Crippen LogP contribution in [0.25, 0.3) is 10.9 Å². The van der Waals surface area contributed by atoms with Gasteiger partial charge in [0.1, 0.15) is 0 Å². The number of H-pyrrole nitrogens is 1. The number of halogens is 1. The third-order valence-corrected chi connectivity index (χ3v) is 2.97. The van der Waals surface area contributed by atoms with E-state index in [-0.39, 0.29) is 11.9 Å². The van der Waals surface area contributed by atoms with E-state index < -0.39 is 0 Å². The van der Waals surface area contributed by atoms with Crippen LogP contribution in [0.3, 0.4) is 0 Å². The Morgan fingerprint density at radius 1 is 1.31 bits per heavy atom. The Kier molecular flexibility index (Phi) is 2.38. The topological polar surface area (TPSA) is 37.0 Å². The Balaban J connectivity index is 2.05. The maximum atomic E-state index is 14.1. The highest BCUT2D eigenvalue weighted by molar-refractivity contribution is 5.80. The Morgan fingerprint density at radius 3 is 3.06 bits per heavy atom. The second-order valence-electron chi connectivity index (χ2n) is 3.97. The van der Waals surface area contributed by atoms with E-state index in [0.29, 0.717) is 24.2 Å². The summed E-state index contributed by atoms with van der Waals surface area (Å²) in [6.07, 6.45) is 1.57. The number of fused-ring (bicyclic) bond motifs is 1. The summed E-state index contributed by atoms with van der Waals surface area (Å²) in [5.41, 5.74) is 1.19. The lowest BCUT2D eigenvalue weighted by Crippen LogP contribution is -2.33. The molecular weight excluding hydrogens is 207 g/mol. The highest BCUT2D eigenvalue weighted by Crippen LogP contribution is 2.26. The van der Waals surface area contributed by atoms with Crippen molar-refractivity contribution in [3.05, 3.63) is 35.8 Å². The average molecular weight is 220 g/mol. The van der Waals surface area contributed by atoms with Crippen molar-refractivity contribution in [3.63, 3.8) is 0 Å². The van der Waals surface area contributed by atoms with E-state index in [9.17, 15) is 4.39 Å². The molecule has 1 saturated heterocycles. The Bertz CT molecular complexity index is 503. The van der Waals surface area contributed by atoms with Crippen LogP contribution in [0.1, 0.15) is 11.7 Å². The Labute approximate surface area is 92.6 Å². The molecule has 3 rings (SSSR count). The molecule has 0 bridgehead atoms. The molecule has 1 aromatic heterocycles. The normalized spacial score (nSPS) is 21.4. The molecule has 2 heterocycles.